The zero-order chi connectivity index (χ0) is 19.1. The van der Waals surface area contributed by atoms with Gasteiger partial charge in [-0.3, -0.25) is 9.59 Å². The second kappa shape index (κ2) is 8.86. The fourth-order valence-corrected chi connectivity index (χ4v) is 2.96. The number of carbonyl (C=O) groups excluding carboxylic acids is 2. The maximum absolute atomic E-state index is 12.3. The van der Waals surface area contributed by atoms with Gasteiger partial charge >= 0.3 is 0 Å². The molecule has 2 amide bonds. The molecule has 138 valence electrons. The number of ether oxygens (including phenoxy) is 1. The highest BCUT2D eigenvalue weighted by atomic mass is 16.5. The van der Waals surface area contributed by atoms with Gasteiger partial charge in [0.15, 0.2) is 0 Å². The molecule has 6 nitrogen and oxygen atoms in total. The summed E-state index contributed by atoms with van der Waals surface area (Å²) < 4.78 is 5.53. The van der Waals surface area contributed by atoms with Gasteiger partial charge in [-0.15, -0.1) is 0 Å². The van der Waals surface area contributed by atoms with Gasteiger partial charge in [0, 0.05) is 24.2 Å². The van der Waals surface area contributed by atoms with Crippen LogP contribution in [0.25, 0.3) is 0 Å². The average Bonchev–Trinajstić information content (AvgIpc) is 3.25. The predicted octanol–water partition coefficient (Wildman–Crippen LogP) is 2.60. The van der Waals surface area contributed by atoms with E-state index in [4.69, 9.17) is 10.00 Å². The van der Waals surface area contributed by atoms with E-state index in [1.54, 1.807) is 48.5 Å². The molecule has 27 heavy (non-hydrogen) atoms. The van der Waals surface area contributed by atoms with Crippen molar-refractivity contribution in [1.82, 2.24) is 10.2 Å². The molecule has 1 saturated heterocycles. The van der Waals surface area contributed by atoms with Crippen molar-refractivity contribution in [3.8, 4) is 11.8 Å². The summed E-state index contributed by atoms with van der Waals surface area (Å²) in [5, 5.41) is 11.6. The van der Waals surface area contributed by atoms with Crippen molar-refractivity contribution in [3.63, 3.8) is 0 Å². The van der Waals surface area contributed by atoms with Crippen molar-refractivity contribution in [2.75, 3.05) is 26.2 Å². The minimum Gasteiger partial charge on any atom is -0.492 e. The molecule has 0 radical (unpaired) electrons. The van der Waals surface area contributed by atoms with E-state index in [1.165, 1.54) is 0 Å². The Balaban J connectivity index is 1.46. The van der Waals surface area contributed by atoms with Crippen LogP contribution < -0.4 is 10.1 Å². The zero-order valence-electron chi connectivity index (χ0n) is 15.0. The van der Waals surface area contributed by atoms with E-state index in [0.29, 0.717) is 35.6 Å². The average molecular weight is 363 g/mol. The van der Waals surface area contributed by atoms with E-state index in [0.717, 1.165) is 25.9 Å². The highest BCUT2D eigenvalue weighted by Gasteiger charge is 2.19. The highest BCUT2D eigenvalue weighted by molar-refractivity contribution is 5.97. The summed E-state index contributed by atoms with van der Waals surface area (Å²) in [7, 11) is 0. The molecule has 2 aromatic rings. The number of amides is 2. The SMILES string of the molecule is N#Cc1cccc(OCCNC(=O)c2ccc(C(=O)N3CCCC3)cc2)c1. The van der Waals surface area contributed by atoms with Crippen LogP contribution in [0.5, 0.6) is 5.75 Å². The molecule has 0 unspecified atom stereocenters. The molecule has 0 saturated carbocycles. The molecule has 1 N–H and O–H groups in total. The number of nitrogens with one attached hydrogen (secondary N) is 1. The van der Waals surface area contributed by atoms with Crippen molar-refractivity contribution in [2.45, 2.75) is 12.8 Å². The smallest absolute Gasteiger partial charge is 0.253 e. The fraction of sp³-hybridized carbons (Fsp3) is 0.286. The van der Waals surface area contributed by atoms with Crippen molar-refractivity contribution >= 4 is 11.8 Å². The molecular weight excluding hydrogens is 342 g/mol. The molecule has 1 aliphatic rings. The Bertz CT molecular complexity index is 850. The van der Waals surface area contributed by atoms with Gasteiger partial charge in [-0.1, -0.05) is 6.07 Å². The predicted molar refractivity (Wildman–Crippen MR) is 101 cm³/mol. The van der Waals surface area contributed by atoms with Crippen LogP contribution in [0.3, 0.4) is 0 Å². The Morgan fingerprint density at radius 2 is 1.78 bits per heavy atom. The topological polar surface area (TPSA) is 82.4 Å². The second-order valence-electron chi connectivity index (χ2n) is 6.32. The van der Waals surface area contributed by atoms with Crippen molar-refractivity contribution in [2.24, 2.45) is 0 Å². The van der Waals surface area contributed by atoms with E-state index in [2.05, 4.69) is 11.4 Å². The number of hydrogen-bond acceptors (Lipinski definition) is 4. The maximum Gasteiger partial charge on any atom is 0.253 e. The van der Waals surface area contributed by atoms with E-state index >= 15 is 0 Å². The van der Waals surface area contributed by atoms with Gasteiger partial charge in [-0.25, -0.2) is 0 Å². The largest absolute Gasteiger partial charge is 0.492 e. The Labute approximate surface area is 158 Å². The van der Waals surface area contributed by atoms with Crippen molar-refractivity contribution in [3.05, 3.63) is 65.2 Å². The molecule has 1 heterocycles. The lowest BCUT2D eigenvalue weighted by molar-refractivity contribution is 0.0792. The van der Waals surface area contributed by atoms with Crippen molar-refractivity contribution < 1.29 is 14.3 Å². The number of nitrogens with zero attached hydrogens (tertiary/aromatic N) is 2. The molecule has 0 aromatic heterocycles. The Hall–Kier alpha value is -3.33. The summed E-state index contributed by atoms with van der Waals surface area (Å²) in [4.78, 5) is 26.3. The number of benzene rings is 2. The quantitative estimate of drug-likeness (QED) is 0.800. The van der Waals surface area contributed by atoms with Crippen LogP contribution in [-0.4, -0.2) is 43.0 Å². The molecule has 6 heteroatoms. The zero-order valence-corrected chi connectivity index (χ0v) is 15.0. The van der Waals surface area contributed by atoms with Crippen LogP contribution in [0.1, 0.15) is 39.1 Å². The number of hydrogen-bond donors (Lipinski definition) is 1. The molecule has 0 atom stereocenters. The Kier molecular flexibility index (Phi) is 6.06. The molecule has 0 spiro atoms. The second-order valence-corrected chi connectivity index (χ2v) is 6.32. The first-order valence-electron chi connectivity index (χ1n) is 8.98. The highest BCUT2D eigenvalue weighted by Crippen LogP contribution is 2.14. The minimum absolute atomic E-state index is 0.0208. The van der Waals surface area contributed by atoms with Crippen LogP contribution >= 0.6 is 0 Å². The summed E-state index contributed by atoms with van der Waals surface area (Å²) in [6, 6.07) is 15.6. The molecule has 3 rings (SSSR count). The lowest BCUT2D eigenvalue weighted by atomic mass is 10.1. The third kappa shape index (κ3) is 4.85. The molecule has 2 aromatic carbocycles. The van der Waals surface area contributed by atoms with Crippen LogP contribution in [-0.2, 0) is 0 Å². The van der Waals surface area contributed by atoms with Gasteiger partial charge in [0.1, 0.15) is 12.4 Å². The van der Waals surface area contributed by atoms with Gasteiger partial charge in [-0.2, -0.15) is 5.26 Å². The number of rotatable bonds is 6. The summed E-state index contributed by atoms with van der Waals surface area (Å²) in [6.45, 7) is 2.24. The summed E-state index contributed by atoms with van der Waals surface area (Å²) in [6.07, 6.45) is 2.10. The maximum atomic E-state index is 12.3. The molecule has 1 aliphatic heterocycles. The first-order chi connectivity index (χ1) is 13.2. The van der Waals surface area contributed by atoms with Gasteiger partial charge in [0.25, 0.3) is 11.8 Å². The van der Waals surface area contributed by atoms with Crippen LogP contribution in [0.2, 0.25) is 0 Å². The third-order valence-corrected chi connectivity index (χ3v) is 4.41. The fourth-order valence-electron chi connectivity index (χ4n) is 2.96. The minimum atomic E-state index is -0.218. The van der Waals surface area contributed by atoms with Gasteiger partial charge in [0.2, 0.25) is 0 Å². The normalized spacial score (nSPS) is 13.1. The third-order valence-electron chi connectivity index (χ3n) is 4.41. The van der Waals surface area contributed by atoms with E-state index in [9.17, 15) is 9.59 Å². The van der Waals surface area contributed by atoms with E-state index < -0.39 is 0 Å². The summed E-state index contributed by atoms with van der Waals surface area (Å²) in [5.74, 6) is 0.394. The molecule has 0 aliphatic carbocycles. The standard InChI is InChI=1S/C21H21N3O3/c22-15-16-4-3-5-19(14-16)27-13-10-23-20(25)17-6-8-18(9-7-17)21(26)24-11-1-2-12-24/h3-9,14H,1-2,10-13H2,(H,23,25). The van der Waals surface area contributed by atoms with Crippen molar-refractivity contribution in [1.29, 1.82) is 5.26 Å². The van der Waals surface area contributed by atoms with Crippen LogP contribution in [0.15, 0.2) is 48.5 Å². The van der Waals surface area contributed by atoms with Crippen LogP contribution in [0, 0.1) is 11.3 Å². The van der Waals surface area contributed by atoms with Gasteiger partial charge < -0.3 is 15.0 Å². The number of nitriles is 1. The first-order valence-corrected chi connectivity index (χ1v) is 8.98. The first kappa shape index (κ1) is 18.5. The molecule has 0 bridgehead atoms. The lowest BCUT2D eigenvalue weighted by Gasteiger charge is -2.15. The molecular formula is C21H21N3O3. The number of carbonyl (C=O) groups is 2. The van der Waals surface area contributed by atoms with Crippen LogP contribution in [0.4, 0.5) is 0 Å². The van der Waals surface area contributed by atoms with Gasteiger partial charge in [0.05, 0.1) is 18.2 Å². The lowest BCUT2D eigenvalue weighted by Crippen LogP contribution is -2.29. The molecule has 1 fully saturated rings. The summed E-state index contributed by atoms with van der Waals surface area (Å²) in [5.41, 5.74) is 1.63. The number of likely N-dealkylation sites (tertiary alicyclic amines) is 1. The Morgan fingerprint density at radius 3 is 2.48 bits per heavy atom. The Morgan fingerprint density at radius 1 is 1.07 bits per heavy atom. The van der Waals surface area contributed by atoms with Gasteiger partial charge in [-0.05, 0) is 55.3 Å². The summed E-state index contributed by atoms with van der Waals surface area (Å²) >= 11 is 0. The monoisotopic (exact) mass is 363 g/mol. The van der Waals surface area contributed by atoms with E-state index in [-0.39, 0.29) is 11.8 Å². The van der Waals surface area contributed by atoms with E-state index in [1.807, 2.05) is 4.90 Å².